The zero-order valence-corrected chi connectivity index (χ0v) is 16.5. The number of ether oxygens (including phenoxy) is 2. The highest BCUT2D eigenvalue weighted by Crippen LogP contribution is 2.61. The van der Waals surface area contributed by atoms with E-state index in [-0.39, 0.29) is 17.5 Å². The number of esters is 1. The van der Waals surface area contributed by atoms with E-state index < -0.39 is 0 Å². The molecule has 0 aromatic heterocycles. The first-order chi connectivity index (χ1) is 13.6. The fourth-order valence-electron chi connectivity index (χ4n) is 5.79. The first-order valence-corrected chi connectivity index (χ1v) is 10.4. The van der Waals surface area contributed by atoms with Crippen molar-refractivity contribution in [1.82, 2.24) is 5.32 Å². The van der Waals surface area contributed by atoms with Crippen molar-refractivity contribution in [1.29, 1.82) is 0 Å². The summed E-state index contributed by atoms with van der Waals surface area (Å²) in [4.78, 5) is 24.1. The van der Waals surface area contributed by atoms with E-state index in [2.05, 4.69) is 5.32 Å². The molecule has 0 radical (unpaired) electrons. The van der Waals surface area contributed by atoms with Crippen molar-refractivity contribution in [3.63, 3.8) is 0 Å². The molecule has 4 aliphatic rings. The minimum absolute atomic E-state index is 0.147. The van der Waals surface area contributed by atoms with Gasteiger partial charge in [-0.05, 0) is 67.8 Å². The van der Waals surface area contributed by atoms with E-state index in [1.807, 2.05) is 37.3 Å². The number of rotatable bonds is 6. The molecule has 0 saturated heterocycles. The van der Waals surface area contributed by atoms with Gasteiger partial charge in [-0.1, -0.05) is 35.9 Å². The molecule has 4 bridgehead atoms. The van der Waals surface area contributed by atoms with E-state index in [1.165, 1.54) is 24.8 Å². The lowest BCUT2D eigenvalue weighted by Crippen LogP contribution is -2.52. The van der Waals surface area contributed by atoms with Crippen molar-refractivity contribution in [2.24, 2.45) is 23.2 Å². The summed E-state index contributed by atoms with van der Waals surface area (Å²) < 4.78 is 10.5. The third-order valence-corrected chi connectivity index (χ3v) is 6.65. The van der Waals surface area contributed by atoms with Crippen LogP contribution in [-0.4, -0.2) is 25.2 Å². The molecule has 1 N–H and O–H groups in total. The first kappa shape index (κ1) is 19.0. The normalized spacial score (nSPS) is 31.6. The predicted molar refractivity (Wildman–Crippen MR) is 105 cm³/mol. The molecule has 4 atom stereocenters. The van der Waals surface area contributed by atoms with Crippen molar-refractivity contribution < 1.29 is 19.1 Å². The quantitative estimate of drug-likeness (QED) is 0.590. The Bertz CT molecular complexity index is 739. The van der Waals surface area contributed by atoms with Crippen molar-refractivity contribution in [2.45, 2.75) is 45.6 Å². The molecule has 150 valence electrons. The topological polar surface area (TPSA) is 64.6 Å². The molecule has 1 aromatic carbocycles. The summed E-state index contributed by atoms with van der Waals surface area (Å²) >= 11 is 0. The van der Waals surface area contributed by atoms with Gasteiger partial charge in [0.1, 0.15) is 6.61 Å². The first-order valence-electron chi connectivity index (χ1n) is 10.4. The lowest BCUT2D eigenvalue weighted by Gasteiger charge is -2.58. The molecule has 5 nitrogen and oxygen atoms in total. The maximum absolute atomic E-state index is 12.2. The third kappa shape index (κ3) is 4.08. The number of nitrogens with one attached hydrogen (secondary N) is 1. The molecule has 3 unspecified atom stereocenters. The van der Waals surface area contributed by atoms with Crippen molar-refractivity contribution in [3.05, 3.63) is 47.5 Å². The monoisotopic (exact) mass is 383 g/mol. The molecule has 28 heavy (non-hydrogen) atoms. The lowest BCUT2D eigenvalue weighted by atomic mass is 9.48. The van der Waals surface area contributed by atoms with Crippen LogP contribution in [0.3, 0.4) is 0 Å². The Morgan fingerprint density at radius 2 is 1.82 bits per heavy atom. The van der Waals surface area contributed by atoms with Crippen molar-refractivity contribution >= 4 is 12.1 Å². The average Bonchev–Trinajstić information content (AvgIpc) is 2.68. The van der Waals surface area contributed by atoms with Crippen molar-refractivity contribution in [3.8, 4) is 0 Å². The van der Waals surface area contributed by atoms with Crippen LogP contribution in [0, 0.1) is 23.2 Å². The zero-order chi connectivity index (χ0) is 19.6. The fraction of sp³-hybridized carbons (Fsp3) is 0.565. The van der Waals surface area contributed by atoms with Gasteiger partial charge in [0.25, 0.3) is 0 Å². The van der Waals surface area contributed by atoms with Crippen LogP contribution >= 0.6 is 0 Å². The Hall–Kier alpha value is -2.30. The van der Waals surface area contributed by atoms with Crippen LogP contribution in [0.5, 0.6) is 0 Å². The van der Waals surface area contributed by atoms with Crippen LogP contribution in [0.4, 0.5) is 4.79 Å². The largest absolute Gasteiger partial charge is 0.463 e. The van der Waals surface area contributed by atoms with E-state index in [0.717, 1.165) is 18.4 Å². The van der Waals surface area contributed by atoms with Crippen LogP contribution in [0.2, 0.25) is 0 Å². The van der Waals surface area contributed by atoms with Gasteiger partial charge in [-0.25, -0.2) is 9.59 Å². The lowest BCUT2D eigenvalue weighted by molar-refractivity contribution is -0.137. The summed E-state index contributed by atoms with van der Waals surface area (Å²) in [5.74, 6) is 1.41. The van der Waals surface area contributed by atoms with Crippen LogP contribution in [0.25, 0.3) is 0 Å². The zero-order valence-electron chi connectivity index (χ0n) is 16.5. The fourth-order valence-corrected chi connectivity index (χ4v) is 5.79. The number of hydrogen-bond donors (Lipinski definition) is 1. The van der Waals surface area contributed by atoms with Crippen LogP contribution in [0.15, 0.2) is 42.0 Å². The molecule has 0 aliphatic heterocycles. The predicted octanol–water partition coefficient (Wildman–Crippen LogP) is 4.23. The van der Waals surface area contributed by atoms with Crippen LogP contribution in [0.1, 0.15) is 44.6 Å². The van der Waals surface area contributed by atoms with E-state index in [0.29, 0.717) is 37.5 Å². The number of carbonyl (C=O) groups excluding carboxylic acids is 2. The summed E-state index contributed by atoms with van der Waals surface area (Å²) in [5.41, 5.74) is 2.42. The number of hydrogen-bond acceptors (Lipinski definition) is 4. The minimum atomic E-state index is -0.345. The van der Waals surface area contributed by atoms with Gasteiger partial charge in [-0.3, -0.25) is 0 Å². The Kier molecular flexibility index (Phi) is 5.42. The molecule has 5 rings (SSSR count). The smallest absolute Gasteiger partial charge is 0.407 e. The number of alkyl carbamates (subject to hydrolysis) is 1. The summed E-state index contributed by atoms with van der Waals surface area (Å²) in [6, 6.07) is 9.72. The minimum Gasteiger partial charge on any atom is -0.463 e. The highest BCUT2D eigenvalue weighted by molar-refractivity contribution is 5.83. The molecule has 0 heterocycles. The standard InChI is InChI=1S/C23H29NO4/c1-2-27-21(25)10-20-18-8-17-9-19(20)13-23(11-17,12-18)15-24-22(26)28-14-16-6-4-3-5-7-16/h3-7,10,17-19H,2,8-9,11-15H2,1H3,(H,24,26)/t17?,18-,19?,23?/m0/s1. The Labute approximate surface area is 166 Å². The molecule has 1 amide bonds. The number of carbonyl (C=O) groups is 2. The molecule has 4 aliphatic carbocycles. The Morgan fingerprint density at radius 3 is 2.50 bits per heavy atom. The average molecular weight is 383 g/mol. The van der Waals surface area contributed by atoms with Crippen LogP contribution < -0.4 is 5.32 Å². The summed E-state index contributed by atoms with van der Waals surface area (Å²) in [6.45, 7) is 3.21. The Balaban J connectivity index is 1.34. The van der Waals surface area contributed by atoms with Gasteiger partial charge < -0.3 is 14.8 Å². The Morgan fingerprint density at radius 1 is 1.11 bits per heavy atom. The second kappa shape index (κ2) is 7.98. The highest BCUT2D eigenvalue weighted by Gasteiger charge is 2.53. The van der Waals surface area contributed by atoms with E-state index in [9.17, 15) is 9.59 Å². The third-order valence-electron chi connectivity index (χ3n) is 6.65. The molecular weight excluding hydrogens is 354 g/mol. The number of allylic oxidation sites excluding steroid dienone is 1. The number of benzene rings is 1. The second-order valence-electron chi connectivity index (χ2n) is 8.66. The SMILES string of the molecule is CCOC(=O)C=C1C2CC3C[C@H]1CC(CNC(=O)OCc1ccccc1)(C3)C2. The molecular formula is C23H29NO4. The molecule has 4 fully saturated rings. The van der Waals surface area contributed by atoms with Gasteiger partial charge in [0, 0.05) is 12.6 Å². The maximum Gasteiger partial charge on any atom is 0.407 e. The molecule has 1 aromatic rings. The maximum atomic E-state index is 12.2. The summed E-state index contributed by atoms with van der Waals surface area (Å²) in [5, 5.41) is 3.01. The van der Waals surface area contributed by atoms with Crippen molar-refractivity contribution in [2.75, 3.05) is 13.2 Å². The van der Waals surface area contributed by atoms with E-state index in [1.54, 1.807) is 6.08 Å². The second-order valence-corrected chi connectivity index (χ2v) is 8.66. The van der Waals surface area contributed by atoms with Gasteiger partial charge in [0.15, 0.2) is 0 Å². The van der Waals surface area contributed by atoms with Crippen LogP contribution in [-0.2, 0) is 20.9 Å². The molecule has 5 heteroatoms. The highest BCUT2D eigenvalue weighted by atomic mass is 16.5. The van der Waals surface area contributed by atoms with Gasteiger partial charge in [0.05, 0.1) is 6.61 Å². The van der Waals surface area contributed by atoms with Gasteiger partial charge in [0.2, 0.25) is 0 Å². The van der Waals surface area contributed by atoms with Gasteiger partial charge in [-0.2, -0.15) is 0 Å². The molecule has 0 spiro atoms. The van der Waals surface area contributed by atoms with E-state index >= 15 is 0 Å². The van der Waals surface area contributed by atoms with Gasteiger partial charge >= 0.3 is 12.1 Å². The van der Waals surface area contributed by atoms with Gasteiger partial charge in [-0.15, -0.1) is 0 Å². The molecule has 4 saturated carbocycles. The van der Waals surface area contributed by atoms with E-state index in [4.69, 9.17) is 9.47 Å². The number of amides is 1. The summed E-state index contributed by atoms with van der Waals surface area (Å²) in [7, 11) is 0. The summed E-state index contributed by atoms with van der Waals surface area (Å²) in [6.07, 6.45) is 7.01.